The van der Waals surface area contributed by atoms with Crippen molar-refractivity contribution in [2.24, 2.45) is 5.73 Å². The SMILES string of the molecule is CCCC(C)N(C)C(=O)CCCN. The molecule has 0 aliphatic heterocycles. The fourth-order valence-electron chi connectivity index (χ4n) is 1.29. The number of hydrogen-bond donors (Lipinski definition) is 1. The van der Waals surface area contributed by atoms with Crippen molar-refractivity contribution in [3.63, 3.8) is 0 Å². The third-order valence-electron chi connectivity index (χ3n) is 2.36. The zero-order chi connectivity index (χ0) is 10.3. The van der Waals surface area contributed by atoms with Crippen LogP contribution in [0.25, 0.3) is 0 Å². The molecule has 1 atom stereocenters. The van der Waals surface area contributed by atoms with Crippen LogP contribution in [-0.4, -0.2) is 30.4 Å². The Labute approximate surface area is 81.3 Å². The van der Waals surface area contributed by atoms with Crippen molar-refractivity contribution in [3.05, 3.63) is 0 Å². The van der Waals surface area contributed by atoms with Gasteiger partial charge >= 0.3 is 0 Å². The number of carbonyl (C=O) groups excluding carboxylic acids is 1. The van der Waals surface area contributed by atoms with Crippen LogP contribution in [0.2, 0.25) is 0 Å². The maximum absolute atomic E-state index is 11.5. The Morgan fingerprint density at radius 2 is 2.15 bits per heavy atom. The quantitative estimate of drug-likeness (QED) is 0.681. The normalized spacial score (nSPS) is 12.6. The lowest BCUT2D eigenvalue weighted by Crippen LogP contribution is -2.35. The van der Waals surface area contributed by atoms with Crippen molar-refractivity contribution in [2.75, 3.05) is 13.6 Å². The third kappa shape index (κ3) is 4.88. The lowest BCUT2D eigenvalue weighted by Gasteiger charge is -2.24. The van der Waals surface area contributed by atoms with Gasteiger partial charge in [0.05, 0.1) is 0 Å². The van der Waals surface area contributed by atoms with E-state index in [0.29, 0.717) is 19.0 Å². The van der Waals surface area contributed by atoms with E-state index in [2.05, 4.69) is 13.8 Å². The minimum atomic E-state index is 0.214. The first-order valence-electron chi connectivity index (χ1n) is 5.09. The summed E-state index contributed by atoms with van der Waals surface area (Å²) in [5.74, 6) is 0.214. The molecular formula is C10H22N2O. The van der Waals surface area contributed by atoms with E-state index in [1.54, 1.807) is 0 Å². The number of nitrogens with zero attached hydrogens (tertiary/aromatic N) is 1. The molecule has 3 heteroatoms. The van der Waals surface area contributed by atoms with Gasteiger partial charge in [-0.1, -0.05) is 13.3 Å². The van der Waals surface area contributed by atoms with E-state index in [0.717, 1.165) is 19.3 Å². The lowest BCUT2D eigenvalue weighted by molar-refractivity contribution is -0.131. The van der Waals surface area contributed by atoms with E-state index in [-0.39, 0.29) is 5.91 Å². The molecule has 0 saturated carbocycles. The van der Waals surface area contributed by atoms with Crippen LogP contribution in [0, 0.1) is 0 Å². The summed E-state index contributed by atoms with van der Waals surface area (Å²) in [6.07, 6.45) is 3.57. The average Bonchev–Trinajstić information content (AvgIpc) is 2.13. The van der Waals surface area contributed by atoms with Crippen LogP contribution >= 0.6 is 0 Å². The molecule has 0 spiro atoms. The topological polar surface area (TPSA) is 46.3 Å². The first-order chi connectivity index (χ1) is 6.13. The van der Waals surface area contributed by atoms with Crippen molar-refractivity contribution in [1.82, 2.24) is 4.90 Å². The molecule has 0 bridgehead atoms. The van der Waals surface area contributed by atoms with E-state index >= 15 is 0 Å². The van der Waals surface area contributed by atoms with Crippen LogP contribution in [0.15, 0.2) is 0 Å². The molecule has 78 valence electrons. The number of rotatable bonds is 6. The highest BCUT2D eigenvalue weighted by molar-refractivity contribution is 5.76. The van der Waals surface area contributed by atoms with Crippen LogP contribution in [0.1, 0.15) is 39.5 Å². The van der Waals surface area contributed by atoms with Gasteiger partial charge < -0.3 is 10.6 Å². The molecule has 0 saturated heterocycles. The Bertz CT molecular complexity index is 148. The fraction of sp³-hybridized carbons (Fsp3) is 0.900. The highest BCUT2D eigenvalue weighted by Gasteiger charge is 2.13. The van der Waals surface area contributed by atoms with Crippen LogP contribution in [0.5, 0.6) is 0 Å². The standard InChI is InChI=1S/C10H22N2O/c1-4-6-9(2)12(3)10(13)7-5-8-11/h9H,4-8,11H2,1-3H3. The molecule has 2 N–H and O–H groups in total. The second kappa shape index (κ2) is 6.89. The van der Waals surface area contributed by atoms with Crippen molar-refractivity contribution in [2.45, 2.75) is 45.6 Å². The monoisotopic (exact) mass is 186 g/mol. The zero-order valence-corrected chi connectivity index (χ0v) is 9.05. The van der Waals surface area contributed by atoms with Crippen molar-refractivity contribution in [3.8, 4) is 0 Å². The molecule has 0 fully saturated rings. The predicted octanol–water partition coefficient (Wildman–Crippen LogP) is 1.37. The predicted molar refractivity (Wildman–Crippen MR) is 55.4 cm³/mol. The van der Waals surface area contributed by atoms with Crippen LogP contribution in [0.3, 0.4) is 0 Å². The van der Waals surface area contributed by atoms with E-state index in [1.165, 1.54) is 0 Å². The second-order valence-electron chi connectivity index (χ2n) is 3.53. The first kappa shape index (κ1) is 12.4. The molecule has 1 amide bonds. The number of carbonyl (C=O) groups is 1. The summed E-state index contributed by atoms with van der Waals surface area (Å²) in [4.78, 5) is 13.3. The summed E-state index contributed by atoms with van der Waals surface area (Å²) in [6.45, 7) is 4.82. The molecule has 0 aromatic heterocycles. The highest BCUT2D eigenvalue weighted by atomic mass is 16.2. The molecule has 1 unspecified atom stereocenters. The number of nitrogens with two attached hydrogens (primary N) is 1. The van der Waals surface area contributed by atoms with Crippen LogP contribution in [-0.2, 0) is 4.79 Å². The van der Waals surface area contributed by atoms with Gasteiger partial charge in [0.15, 0.2) is 0 Å². The van der Waals surface area contributed by atoms with Gasteiger partial charge in [-0.2, -0.15) is 0 Å². The Hall–Kier alpha value is -0.570. The molecule has 3 nitrogen and oxygen atoms in total. The molecule has 0 radical (unpaired) electrons. The van der Waals surface area contributed by atoms with Crippen molar-refractivity contribution in [1.29, 1.82) is 0 Å². The lowest BCUT2D eigenvalue weighted by atomic mass is 10.1. The maximum atomic E-state index is 11.5. The third-order valence-corrected chi connectivity index (χ3v) is 2.36. The second-order valence-corrected chi connectivity index (χ2v) is 3.53. The summed E-state index contributed by atoms with van der Waals surface area (Å²) in [6, 6.07) is 0.357. The smallest absolute Gasteiger partial charge is 0.222 e. The minimum absolute atomic E-state index is 0.214. The Morgan fingerprint density at radius 1 is 1.54 bits per heavy atom. The molecule has 0 aromatic carbocycles. The van der Waals surface area contributed by atoms with Gasteiger partial charge in [0.2, 0.25) is 5.91 Å². The van der Waals surface area contributed by atoms with E-state index in [1.807, 2.05) is 11.9 Å². The van der Waals surface area contributed by atoms with Gasteiger partial charge in [0.25, 0.3) is 0 Å². The maximum Gasteiger partial charge on any atom is 0.222 e. The molecule has 13 heavy (non-hydrogen) atoms. The molecule has 0 aliphatic carbocycles. The van der Waals surface area contributed by atoms with Crippen molar-refractivity contribution < 1.29 is 4.79 Å². The number of amides is 1. The molecule has 0 aromatic rings. The summed E-state index contributed by atoms with van der Waals surface area (Å²) in [5.41, 5.74) is 5.34. The van der Waals surface area contributed by atoms with Crippen LogP contribution in [0.4, 0.5) is 0 Å². The van der Waals surface area contributed by atoms with E-state index in [4.69, 9.17) is 5.73 Å². The van der Waals surface area contributed by atoms with Gasteiger partial charge in [-0.05, 0) is 26.3 Å². The summed E-state index contributed by atoms with van der Waals surface area (Å²) in [7, 11) is 1.87. The molecule has 0 heterocycles. The molecular weight excluding hydrogens is 164 g/mol. The number of hydrogen-bond acceptors (Lipinski definition) is 2. The Kier molecular flexibility index (Phi) is 6.59. The van der Waals surface area contributed by atoms with E-state index < -0.39 is 0 Å². The first-order valence-corrected chi connectivity index (χ1v) is 5.09. The van der Waals surface area contributed by atoms with Gasteiger partial charge in [-0.3, -0.25) is 4.79 Å². The van der Waals surface area contributed by atoms with Gasteiger partial charge in [0.1, 0.15) is 0 Å². The largest absolute Gasteiger partial charge is 0.343 e. The van der Waals surface area contributed by atoms with Crippen molar-refractivity contribution >= 4 is 5.91 Å². The zero-order valence-electron chi connectivity index (χ0n) is 9.05. The van der Waals surface area contributed by atoms with Gasteiger partial charge in [-0.15, -0.1) is 0 Å². The van der Waals surface area contributed by atoms with Gasteiger partial charge in [-0.25, -0.2) is 0 Å². The highest BCUT2D eigenvalue weighted by Crippen LogP contribution is 2.06. The Morgan fingerprint density at radius 3 is 2.62 bits per heavy atom. The van der Waals surface area contributed by atoms with Gasteiger partial charge in [0, 0.05) is 19.5 Å². The average molecular weight is 186 g/mol. The Balaban J connectivity index is 3.79. The van der Waals surface area contributed by atoms with Crippen LogP contribution < -0.4 is 5.73 Å². The summed E-state index contributed by atoms with van der Waals surface area (Å²) >= 11 is 0. The molecule has 0 rings (SSSR count). The summed E-state index contributed by atoms with van der Waals surface area (Å²) in [5, 5.41) is 0. The van der Waals surface area contributed by atoms with E-state index in [9.17, 15) is 4.79 Å². The summed E-state index contributed by atoms with van der Waals surface area (Å²) < 4.78 is 0. The fourth-order valence-corrected chi connectivity index (χ4v) is 1.29. The minimum Gasteiger partial charge on any atom is -0.343 e. The molecule has 0 aliphatic rings.